The third-order valence-electron chi connectivity index (χ3n) is 8.12. The molecule has 0 aliphatic carbocycles. The average Bonchev–Trinajstić information content (AvgIpc) is 3.20. The molecule has 0 bridgehead atoms. The lowest BCUT2D eigenvalue weighted by molar-refractivity contribution is -0.157. The first kappa shape index (κ1) is 25.9. The van der Waals surface area contributed by atoms with Crippen LogP contribution in [0.2, 0.25) is 0 Å². The van der Waals surface area contributed by atoms with E-state index >= 15 is 0 Å². The van der Waals surface area contributed by atoms with Crippen molar-refractivity contribution in [2.75, 3.05) is 19.8 Å². The SMILES string of the molecule is CCCC(C)N1CC=C[C@]23O[C@H]4/C=C\CCCCOC(=O)[C@H]4[C@H]2C(=O)N([C@@H](CO)C(C)C)C3C1=O. The highest BCUT2D eigenvalue weighted by Crippen LogP contribution is 2.54. The molecular weight excluding hydrogens is 448 g/mol. The number of amides is 2. The number of esters is 1. The molecule has 0 saturated carbocycles. The molecule has 4 aliphatic rings. The van der Waals surface area contributed by atoms with Gasteiger partial charge in [-0.25, -0.2) is 0 Å². The molecule has 2 unspecified atom stereocenters. The standard InChI is InChI=1S/C27H40N2O6/c1-5-11-18(4)28-14-10-13-27-22(21-20(35-27)12-8-6-7-9-15-34-26(21)33)24(31)29(23(27)25(28)32)19(16-30)17(2)3/h8,10,12-13,17-23,30H,5-7,9,11,14-16H2,1-4H3/b12-8-/t18?,19-,20-,21+,22-,23?,27-/m0/s1. The molecule has 8 nitrogen and oxygen atoms in total. The van der Waals surface area contributed by atoms with Crippen molar-refractivity contribution in [3.63, 3.8) is 0 Å². The molecule has 0 radical (unpaired) electrons. The quantitative estimate of drug-likeness (QED) is 0.456. The smallest absolute Gasteiger partial charge is 0.312 e. The predicted molar refractivity (Wildman–Crippen MR) is 130 cm³/mol. The van der Waals surface area contributed by atoms with E-state index in [0.717, 1.165) is 32.1 Å². The zero-order valence-corrected chi connectivity index (χ0v) is 21.4. The molecule has 4 heterocycles. The number of ether oxygens (including phenoxy) is 2. The number of cyclic esters (lactones) is 1. The summed E-state index contributed by atoms with van der Waals surface area (Å²) in [4.78, 5) is 45.0. The minimum absolute atomic E-state index is 0.0121. The maximum atomic E-state index is 14.2. The highest BCUT2D eigenvalue weighted by atomic mass is 16.6. The van der Waals surface area contributed by atoms with E-state index in [2.05, 4.69) is 6.92 Å². The Kier molecular flexibility index (Phi) is 7.71. The van der Waals surface area contributed by atoms with Crippen LogP contribution in [0.15, 0.2) is 24.3 Å². The van der Waals surface area contributed by atoms with E-state index < -0.39 is 41.6 Å². The molecule has 0 aromatic carbocycles. The Balaban J connectivity index is 1.85. The summed E-state index contributed by atoms with van der Waals surface area (Å²) in [6.07, 6.45) is 11.2. The molecule has 1 spiro atoms. The molecule has 7 atom stereocenters. The van der Waals surface area contributed by atoms with Gasteiger partial charge in [0, 0.05) is 12.6 Å². The first-order valence-electron chi connectivity index (χ1n) is 13.2. The van der Waals surface area contributed by atoms with Gasteiger partial charge in [-0.05, 0) is 38.5 Å². The number of aliphatic hydroxyl groups is 1. The zero-order chi connectivity index (χ0) is 25.3. The van der Waals surface area contributed by atoms with Gasteiger partial charge in [0.15, 0.2) is 0 Å². The van der Waals surface area contributed by atoms with E-state index in [1.807, 2.05) is 50.0 Å². The van der Waals surface area contributed by atoms with Crippen LogP contribution in [0.3, 0.4) is 0 Å². The van der Waals surface area contributed by atoms with Crippen LogP contribution in [-0.4, -0.2) is 82.3 Å². The van der Waals surface area contributed by atoms with Gasteiger partial charge in [-0.3, -0.25) is 14.4 Å². The summed E-state index contributed by atoms with van der Waals surface area (Å²) in [5.41, 5.74) is -1.29. The van der Waals surface area contributed by atoms with E-state index in [4.69, 9.17) is 9.47 Å². The van der Waals surface area contributed by atoms with Crippen LogP contribution in [-0.2, 0) is 23.9 Å². The second kappa shape index (κ2) is 10.4. The molecule has 35 heavy (non-hydrogen) atoms. The molecule has 1 N–H and O–H groups in total. The Morgan fingerprint density at radius 3 is 2.60 bits per heavy atom. The molecule has 2 saturated heterocycles. The Morgan fingerprint density at radius 2 is 1.91 bits per heavy atom. The fourth-order valence-corrected chi connectivity index (χ4v) is 6.32. The number of likely N-dealkylation sites (tertiary alicyclic amines) is 1. The van der Waals surface area contributed by atoms with Crippen LogP contribution in [0, 0.1) is 17.8 Å². The number of fused-ring (bicyclic) bond motifs is 2. The number of allylic oxidation sites excluding steroid dienone is 1. The van der Waals surface area contributed by atoms with Crippen molar-refractivity contribution in [1.82, 2.24) is 9.80 Å². The number of hydrogen-bond acceptors (Lipinski definition) is 6. The Bertz CT molecular complexity index is 885. The van der Waals surface area contributed by atoms with Gasteiger partial charge in [0.25, 0.3) is 0 Å². The van der Waals surface area contributed by atoms with Gasteiger partial charge < -0.3 is 24.4 Å². The number of rotatable bonds is 6. The molecule has 2 amide bonds. The minimum Gasteiger partial charge on any atom is -0.465 e. The van der Waals surface area contributed by atoms with Crippen LogP contribution in [0.25, 0.3) is 0 Å². The van der Waals surface area contributed by atoms with Crippen LogP contribution in [0.5, 0.6) is 0 Å². The summed E-state index contributed by atoms with van der Waals surface area (Å²) in [5.74, 6) is -2.78. The predicted octanol–water partition coefficient (Wildman–Crippen LogP) is 2.45. The fraction of sp³-hybridized carbons (Fsp3) is 0.741. The van der Waals surface area contributed by atoms with E-state index in [9.17, 15) is 19.5 Å². The number of nitrogens with zero attached hydrogens (tertiary/aromatic N) is 2. The minimum atomic E-state index is -1.29. The number of aliphatic hydroxyl groups excluding tert-OH is 1. The molecular formula is C27H40N2O6. The summed E-state index contributed by atoms with van der Waals surface area (Å²) in [6, 6.07) is -1.53. The lowest BCUT2D eigenvalue weighted by Crippen LogP contribution is -2.60. The highest BCUT2D eigenvalue weighted by Gasteiger charge is 2.72. The molecule has 194 valence electrons. The summed E-state index contributed by atoms with van der Waals surface area (Å²) >= 11 is 0. The van der Waals surface area contributed by atoms with Gasteiger partial charge in [-0.15, -0.1) is 0 Å². The van der Waals surface area contributed by atoms with Gasteiger partial charge in [0.05, 0.1) is 31.3 Å². The summed E-state index contributed by atoms with van der Waals surface area (Å²) in [6.45, 7) is 8.40. The second-order valence-corrected chi connectivity index (χ2v) is 10.7. The van der Waals surface area contributed by atoms with Crippen molar-refractivity contribution in [2.24, 2.45) is 17.8 Å². The van der Waals surface area contributed by atoms with E-state index in [-0.39, 0.29) is 30.4 Å². The molecule has 8 heteroatoms. The first-order chi connectivity index (χ1) is 16.8. The third kappa shape index (κ3) is 4.33. The highest BCUT2D eigenvalue weighted by molar-refractivity contribution is 5.99. The average molecular weight is 489 g/mol. The van der Waals surface area contributed by atoms with Gasteiger partial charge >= 0.3 is 5.97 Å². The zero-order valence-electron chi connectivity index (χ0n) is 21.4. The third-order valence-corrected chi connectivity index (χ3v) is 8.12. The summed E-state index contributed by atoms with van der Waals surface area (Å²) in [5, 5.41) is 10.3. The summed E-state index contributed by atoms with van der Waals surface area (Å²) < 4.78 is 12.2. The van der Waals surface area contributed by atoms with Crippen LogP contribution in [0.1, 0.15) is 59.8 Å². The molecule has 4 rings (SSSR count). The van der Waals surface area contributed by atoms with Crippen molar-refractivity contribution >= 4 is 17.8 Å². The molecule has 0 aromatic heterocycles. The van der Waals surface area contributed by atoms with E-state index in [1.165, 1.54) is 4.90 Å². The van der Waals surface area contributed by atoms with E-state index in [1.54, 1.807) is 0 Å². The van der Waals surface area contributed by atoms with E-state index in [0.29, 0.717) is 13.2 Å². The Morgan fingerprint density at radius 1 is 1.14 bits per heavy atom. The first-order valence-corrected chi connectivity index (χ1v) is 13.2. The maximum absolute atomic E-state index is 14.2. The maximum Gasteiger partial charge on any atom is 0.312 e. The molecule has 0 aromatic rings. The van der Waals surface area contributed by atoms with Gasteiger partial charge in [0.1, 0.15) is 17.6 Å². The normalized spacial score (nSPS) is 35.8. The van der Waals surface area contributed by atoms with Crippen molar-refractivity contribution in [1.29, 1.82) is 0 Å². The number of carbonyl (C=O) groups excluding carboxylic acids is 3. The number of hydrogen-bond donors (Lipinski definition) is 1. The van der Waals surface area contributed by atoms with Gasteiger partial charge in [0.2, 0.25) is 11.8 Å². The monoisotopic (exact) mass is 488 g/mol. The Hall–Kier alpha value is -2.19. The van der Waals surface area contributed by atoms with Crippen molar-refractivity contribution in [3.8, 4) is 0 Å². The lowest BCUT2D eigenvalue weighted by Gasteiger charge is -2.41. The second-order valence-electron chi connectivity index (χ2n) is 10.7. The van der Waals surface area contributed by atoms with Crippen molar-refractivity contribution in [3.05, 3.63) is 24.3 Å². The Labute approximate surface area is 208 Å². The largest absolute Gasteiger partial charge is 0.465 e. The molecule has 4 aliphatic heterocycles. The molecule has 2 fully saturated rings. The van der Waals surface area contributed by atoms with Crippen molar-refractivity contribution < 1.29 is 29.0 Å². The fourth-order valence-electron chi connectivity index (χ4n) is 6.32. The number of carbonyl (C=O) groups is 3. The van der Waals surface area contributed by atoms with Crippen molar-refractivity contribution in [2.45, 2.75) is 89.6 Å². The van der Waals surface area contributed by atoms with Crippen LogP contribution < -0.4 is 0 Å². The van der Waals surface area contributed by atoms with Crippen LogP contribution >= 0.6 is 0 Å². The van der Waals surface area contributed by atoms with Gasteiger partial charge in [-0.2, -0.15) is 0 Å². The summed E-state index contributed by atoms with van der Waals surface area (Å²) in [7, 11) is 0. The van der Waals surface area contributed by atoms with Crippen LogP contribution in [0.4, 0.5) is 0 Å². The lowest BCUT2D eigenvalue weighted by atomic mass is 9.77. The topological polar surface area (TPSA) is 96.4 Å². The van der Waals surface area contributed by atoms with Gasteiger partial charge in [-0.1, -0.05) is 51.5 Å².